The molecule has 0 fully saturated rings. The first-order valence-electron chi connectivity index (χ1n) is 3.70. The number of hydrogen-bond acceptors (Lipinski definition) is 3. The molecular weight excluding hydrogens is 233 g/mol. The minimum atomic E-state index is -4.59. The van der Waals surface area contributed by atoms with Crippen molar-refractivity contribution in [2.24, 2.45) is 0 Å². The first-order valence-corrected chi connectivity index (χ1v) is 4.58. The molecule has 2 heterocycles. The molecule has 2 N–H and O–H groups in total. The lowest BCUT2D eigenvalue weighted by atomic mass is 10.2. The van der Waals surface area contributed by atoms with Gasteiger partial charge in [0, 0.05) is 5.38 Å². The Morgan fingerprint density at radius 2 is 1.87 bits per heavy atom. The number of aromatic amines is 2. The van der Waals surface area contributed by atoms with Crippen LogP contribution in [0.15, 0.2) is 15.0 Å². The van der Waals surface area contributed by atoms with E-state index in [1.54, 1.807) is 4.98 Å². The van der Waals surface area contributed by atoms with Crippen LogP contribution in [0, 0.1) is 0 Å². The summed E-state index contributed by atoms with van der Waals surface area (Å²) in [5.74, 6) is 0. The van der Waals surface area contributed by atoms with Gasteiger partial charge in [0.05, 0.1) is 10.9 Å². The fourth-order valence-corrected chi connectivity index (χ4v) is 2.14. The van der Waals surface area contributed by atoms with Crippen molar-refractivity contribution in [3.63, 3.8) is 0 Å². The van der Waals surface area contributed by atoms with Gasteiger partial charge < -0.3 is 0 Å². The Hall–Kier alpha value is -1.57. The van der Waals surface area contributed by atoms with Gasteiger partial charge in [0.25, 0.3) is 5.56 Å². The van der Waals surface area contributed by atoms with Gasteiger partial charge in [0.1, 0.15) is 4.83 Å². The van der Waals surface area contributed by atoms with E-state index in [0.717, 1.165) is 5.38 Å². The molecule has 80 valence electrons. The topological polar surface area (TPSA) is 65.7 Å². The number of hydrogen-bond donors (Lipinski definition) is 2. The van der Waals surface area contributed by atoms with Crippen LogP contribution < -0.4 is 11.2 Å². The summed E-state index contributed by atoms with van der Waals surface area (Å²) in [6.45, 7) is 0. The van der Waals surface area contributed by atoms with Gasteiger partial charge in [-0.3, -0.25) is 14.8 Å². The first-order chi connectivity index (χ1) is 6.89. The summed E-state index contributed by atoms with van der Waals surface area (Å²) in [5.41, 5.74) is -2.87. The molecule has 0 aliphatic rings. The maximum atomic E-state index is 12.4. The lowest BCUT2D eigenvalue weighted by Crippen LogP contribution is -2.22. The van der Waals surface area contributed by atoms with Gasteiger partial charge in [-0.15, -0.1) is 11.3 Å². The second kappa shape index (κ2) is 2.96. The van der Waals surface area contributed by atoms with Crippen LogP contribution in [0.2, 0.25) is 0 Å². The van der Waals surface area contributed by atoms with Gasteiger partial charge >= 0.3 is 11.9 Å². The smallest absolute Gasteiger partial charge is 0.298 e. The summed E-state index contributed by atoms with van der Waals surface area (Å²) in [7, 11) is 0. The quantitative estimate of drug-likeness (QED) is 0.724. The zero-order valence-corrected chi connectivity index (χ0v) is 7.75. The van der Waals surface area contributed by atoms with Gasteiger partial charge in [-0.05, 0) is 0 Å². The second-order valence-electron chi connectivity index (χ2n) is 2.76. The summed E-state index contributed by atoms with van der Waals surface area (Å²) < 4.78 is 37.2. The molecule has 0 amide bonds. The van der Waals surface area contributed by atoms with Gasteiger partial charge in [-0.1, -0.05) is 0 Å². The van der Waals surface area contributed by atoms with Gasteiger partial charge in [0.15, 0.2) is 0 Å². The van der Waals surface area contributed by atoms with Crippen LogP contribution in [0.25, 0.3) is 10.2 Å². The molecule has 0 saturated carbocycles. The largest absolute Gasteiger partial charge is 0.418 e. The van der Waals surface area contributed by atoms with Crippen molar-refractivity contribution in [3.05, 3.63) is 31.8 Å². The lowest BCUT2D eigenvalue weighted by molar-refractivity contribution is -0.136. The van der Waals surface area contributed by atoms with Crippen LogP contribution in [-0.4, -0.2) is 9.97 Å². The molecule has 15 heavy (non-hydrogen) atoms. The van der Waals surface area contributed by atoms with Crippen molar-refractivity contribution >= 4 is 21.6 Å². The number of thiophene rings is 1. The zero-order valence-electron chi connectivity index (χ0n) is 6.94. The summed E-state index contributed by atoms with van der Waals surface area (Å²) >= 11 is 0.674. The lowest BCUT2D eigenvalue weighted by Gasteiger charge is -2.02. The normalized spacial score (nSPS) is 12.2. The molecule has 0 aromatic carbocycles. The van der Waals surface area contributed by atoms with Gasteiger partial charge in [0.2, 0.25) is 0 Å². The van der Waals surface area contributed by atoms with Crippen LogP contribution in [0.4, 0.5) is 13.2 Å². The molecule has 2 aromatic rings. The second-order valence-corrected chi connectivity index (χ2v) is 3.64. The number of nitrogens with one attached hydrogen (secondary N) is 2. The third-order valence-corrected chi connectivity index (χ3v) is 2.67. The van der Waals surface area contributed by atoms with Crippen LogP contribution in [0.3, 0.4) is 0 Å². The van der Waals surface area contributed by atoms with E-state index in [2.05, 4.69) is 4.98 Å². The van der Waals surface area contributed by atoms with Crippen LogP contribution in [-0.2, 0) is 6.18 Å². The van der Waals surface area contributed by atoms with Crippen LogP contribution >= 0.6 is 11.3 Å². The van der Waals surface area contributed by atoms with Crippen molar-refractivity contribution in [3.8, 4) is 0 Å². The third-order valence-electron chi connectivity index (χ3n) is 1.78. The predicted octanol–water partition coefficient (Wildman–Crippen LogP) is 1.30. The molecule has 2 aromatic heterocycles. The van der Waals surface area contributed by atoms with E-state index in [1.807, 2.05) is 0 Å². The molecule has 0 unspecified atom stereocenters. The Kier molecular flexibility index (Phi) is 1.97. The highest BCUT2D eigenvalue weighted by molar-refractivity contribution is 7.16. The third kappa shape index (κ3) is 1.56. The monoisotopic (exact) mass is 236 g/mol. The highest BCUT2D eigenvalue weighted by atomic mass is 32.1. The summed E-state index contributed by atoms with van der Waals surface area (Å²) in [4.78, 5) is 25.7. The van der Waals surface area contributed by atoms with E-state index in [-0.39, 0.29) is 4.83 Å². The molecule has 4 nitrogen and oxygen atoms in total. The standard InChI is InChI=1S/C7H3F3N2O2S/c8-7(9,10)2-1-15-5-3(2)4(13)11-6(14)12-5/h1H,(H2,11,12,13,14). The van der Waals surface area contributed by atoms with E-state index < -0.39 is 28.4 Å². The number of rotatable bonds is 0. The summed E-state index contributed by atoms with van der Waals surface area (Å²) in [5, 5.41) is 0.280. The average molecular weight is 236 g/mol. The molecular formula is C7H3F3N2O2S. The summed E-state index contributed by atoms with van der Waals surface area (Å²) in [6.07, 6.45) is -4.59. The van der Waals surface area contributed by atoms with E-state index in [1.165, 1.54) is 0 Å². The maximum absolute atomic E-state index is 12.4. The number of aromatic nitrogens is 2. The molecule has 0 spiro atoms. The number of halogens is 3. The molecule has 0 saturated heterocycles. The van der Waals surface area contributed by atoms with Crippen molar-refractivity contribution in [2.75, 3.05) is 0 Å². The molecule has 0 radical (unpaired) electrons. The molecule has 2 rings (SSSR count). The molecule has 0 aliphatic carbocycles. The first kappa shape index (κ1) is 9.97. The number of fused-ring (bicyclic) bond motifs is 1. The van der Waals surface area contributed by atoms with Crippen LogP contribution in [0.5, 0.6) is 0 Å². The Bertz CT molecular complexity index is 621. The van der Waals surface area contributed by atoms with E-state index in [4.69, 9.17) is 0 Å². The van der Waals surface area contributed by atoms with Crippen molar-refractivity contribution in [1.82, 2.24) is 9.97 Å². The predicted molar refractivity (Wildman–Crippen MR) is 48.1 cm³/mol. The minimum Gasteiger partial charge on any atom is -0.298 e. The SMILES string of the molecule is O=c1[nH]c(=O)c2c(C(F)(F)F)csc2[nH]1. The molecule has 0 aliphatic heterocycles. The van der Waals surface area contributed by atoms with E-state index in [0.29, 0.717) is 11.3 Å². The number of alkyl halides is 3. The Morgan fingerprint density at radius 1 is 1.20 bits per heavy atom. The van der Waals surface area contributed by atoms with Crippen molar-refractivity contribution < 1.29 is 13.2 Å². The number of H-pyrrole nitrogens is 2. The zero-order chi connectivity index (χ0) is 11.2. The molecule has 0 bridgehead atoms. The maximum Gasteiger partial charge on any atom is 0.418 e. The minimum absolute atomic E-state index is 0.0731. The van der Waals surface area contributed by atoms with Gasteiger partial charge in [-0.25, -0.2) is 4.79 Å². The Balaban J connectivity index is 2.93. The Labute approximate surface area is 83.4 Å². The van der Waals surface area contributed by atoms with E-state index in [9.17, 15) is 22.8 Å². The van der Waals surface area contributed by atoms with E-state index >= 15 is 0 Å². The summed E-state index contributed by atoms with van der Waals surface area (Å²) in [6, 6.07) is 0. The highest BCUT2D eigenvalue weighted by Crippen LogP contribution is 2.35. The highest BCUT2D eigenvalue weighted by Gasteiger charge is 2.35. The average Bonchev–Trinajstić information content (AvgIpc) is 2.45. The van der Waals surface area contributed by atoms with Crippen molar-refractivity contribution in [2.45, 2.75) is 6.18 Å². The molecule has 8 heteroatoms. The van der Waals surface area contributed by atoms with Crippen LogP contribution in [0.1, 0.15) is 5.56 Å². The van der Waals surface area contributed by atoms with Gasteiger partial charge in [-0.2, -0.15) is 13.2 Å². The fraction of sp³-hybridized carbons (Fsp3) is 0.143. The molecule has 0 atom stereocenters. The Morgan fingerprint density at radius 3 is 2.47 bits per heavy atom. The van der Waals surface area contributed by atoms with Crippen molar-refractivity contribution in [1.29, 1.82) is 0 Å². The fourth-order valence-electron chi connectivity index (χ4n) is 1.18.